The fraction of sp³-hybridized carbons (Fsp3) is 0.296. The Bertz CT molecular complexity index is 1240. The number of anilines is 2. The molecule has 0 saturated heterocycles. The molecule has 7 heteroatoms. The largest absolute Gasteiger partial charge is 0.378 e. The predicted octanol–water partition coefficient (Wildman–Crippen LogP) is 5.31. The maximum absolute atomic E-state index is 13.6. The Labute approximate surface area is 202 Å². The third-order valence-corrected chi connectivity index (χ3v) is 8.43. The van der Waals surface area contributed by atoms with E-state index < -0.39 is 10.0 Å². The van der Waals surface area contributed by atoms with E-state index in [1.165, 1.54) is 16.4 Å². The van der Waals surface area contributed by atoms with E-state index in [0.29, 0.717) is 18.7 Å². The number of rotatable bonds is 7. The van der Waals surface area contributed by atoms with Gasteiger partial charge in [0.15, 0.2) is 0 Å². The highest BCUT2D eigenvalue weighted by Gasteiger charge is 2.34. The van der Waals surface area contributed by atoms with Crippen LogP contribution in [0.15, 0.2) is 83.8 Å². The summed E-state index contributed by atoms with van der Waals surface area (Å²) in [6.07, 6.45) is 0.756. The standard InChI is InChI=1S/C27H31N3O3S/c1-4-29(5-2)34(32,33)23-17-15-21(16-18-23)27(31)30-20(3)19-25(24-13-9-10-14-26(24)30)28-22-11-7-6-8-12-22/h6-18,20,25,28H,4-5,19H2,1-3H3. The first-order valence-electron chi connectivity index (χ1n) is 11.7. The number of benzene rings is 3. The quantitative estimate of drug-likeness (QED) is 0.501. The van der Waals surface area contributed by atoms with Gasteiger partial charge in [-0.25, -0.2) is 8.42 Å². The summed E-state index contributed by atoms with van der Waals surface area (Å²) in [6.45, 7) is 6.48. The normalized spacial score (nSPS) is 17.9. The molecule has 1 aliphatic heterocycles. The van der Waals surface area contributed by atoms with Gasteiger partial charge in [-0.1, -0.05) is 50.2 Å². The number of sulfonamides is 1. The van der Waals surface area contributed by atoms with Crippen LogP contribution in [-0.4, -0.2) is 37.8 Å². The number of hydrogen-bond acceptors (Lipinski definition) is 4. The molecule has 1 aliphatic rings. The van der Waals surface area contributed by atoms with Gasteiger partial charge in [-0.3, -0.25) is 4.79 Å². The molecule has 6 nitrogen and oxygen atoms in total. The van der Waals surface area contributed by atoms with Gasteiger partial charge in [-0.05, 0) is 61.4 Å². The number of para-hydroxylation sites is 2. The zero-order chi connectivity index (χ0) is 24.3. The molecule has 0 fully saturated rings. The van der Waals surface area contributed by atoms with Crippen LogP contribution >= 0.6 is 0 Å². The first-order chi connectivity index (χ1) is 16.4. The fourth-order valence-electron chi connectivity index (χ4n) is 4.62. The predicted molar refractivity (Wildman–Crippen MR) is 137 cm³/mol. The van der Waals surface area contributed by atoms with Crippen LogP contribution in [0.3, 0.4) is 0 Å². The molecule has 0 saturated carbocycles. The second-order valence-electron chi connectivity index (χ2n) is 8.50. The lowest BCUT2D eigenvalue weighted by Gasteiger charge is -2.40. The second kappa shape index (κ2) is 9.99. The molecule has 3 aromatic rings. The molecular formula is C27H31N3O3S. The molecule has 34 heavy (non-hydrogen) atoms. The summed E-state index contributed by atoms with van der Waals surface area (Å²) < 4.78 is 27.0. The van der Waals surface area contributed by atoms with Crippen LogP contribution in [0.4, 0.5) is 11.4 Å². The summed E-state index contributed by atoms with van der Waals surface area (Å²) in [4.78, 5) is 15.6. The SMILES string of the molecule is CCN(CC)S(=O)(=O)c1ccc(C(=O)N2c3ccccc3C(Nc3ccccc3)CC2C)cc1. The summed E-state index contributed by atoms with van der Waals surface area (Å²) in [7, 11) is -3.56. The van der Waals surface area contributed by atoms with Crippen molar-refractivity contribution < 1.29 is 13.2 Å². The number of hydrogen-bond donors (Lipinski definition) is 1. The Morgan fingerprint density at radius 1 is 0.941 bits per heavy atom. The molecule has 0 bridgehead atoms. The molecule has 0 aliphatic carbocycles. The number of nitrogens with one attached hydrogen (secondary N) is 1. The first kappa shape index (κ1) is 24.0. The van der Waals surface area contributed by atoms with Gasteiger partial charge >= 0.3 is 0 Å². The Morgan fingerprint density at radius 3 is 2.21 bits per heavy atom. The zero-order valence-electron chi connectivity index (χ0n) is 19.8. The highest BCUT2D eigenvalue weighted by molar-refractivity contribution is 7.89. The minimum Gasteiger partial charge on any atom is -0.378 e. The topological polar surface area (TPSA) is 69.7 Å². The maximum atomic E-state index is 13.6. The number of carbonyl (C=O) groups excluding carboxylic acids is 1. The minimum absolute atomic E-state index is 0.0392. The van der Waals surface area contributed by atoms with E-state index in [9.17, 15) is 13.2 Å². The van der Waals surface area contributed by atoms with Crippen molar-refractivity contribution in [3.63, 3.8) is 0 Å². The smallest absolute Gasteiger partial charge is 0.258 e. The van der Waals surface area contributed by atoms with Crippen molar-refractivity contribution in [1.82, 2.24) is 4.31 Å². The van der Waals surface area contributed by atoms with Gasteiger partial charge in [-0.15, -0.1) is 0 Å². The van der Waals surface area contributed by atoms with Crippen LogP contribution in [0.25, 0.3) is 0 Å². The maximum Gasteiger partial charge on any atom is 0.258 e. The third kappa shape index (κ3) is 4.58. The van der Waals surface area contributed by atoms with Crippen molar-refractivity contribution in [1.29, 1.82) is 0 Å². The molecule has 1 heterocycles. The van der Waals surface area contributed by atoms with Crippen molar-refractivity contribution in [3.8, 4) is 0 Å². The van der Waals surface area contributed by atoms with Gasteiger partial charge in [0, 0.05) is 36.1 Å². The van der Waals surface area contributed by atoms with E-state index in [-0.39, 0.29) is 22.9 Å². The summed E-state index contributed by atoms with van der Waals surface area (Å²) in [5.74, 6) is -0.134. The van der Waals surface area contributed by atoms with E-state index >= 15 is 0 Å². The molecule has 2 atom stereocenters. The highest BCUT2D eigenvalue weighted by atomic mass is 32.2. The van der Waals surface area contributed by atoms with Gasteiger partial charge in [0.2, 0.25) is 10.0 Å². The Hall–Kier alpha value is -3.16. The van der Waals surface area contributed by atoms with Crippen LogP contribution in [0.1, 0.15) is 49.2 Å². The van der Waals surface area contributed by atoms with Crippen LogP contribution in [0.2, 0.25) is 0 Å². The van der Waals surface area contributed by atoms with E-state index in [2.05, 4.69) is 11.4 Å². The Balaban J connectivity index is 1.62. The average molecular weight is 478 g/mol. The van der Waals surface area contributed by atoms with E-state index in [1.54, 1.807) is 12.1 Å². The van der Waals surface area contributed by atoms with Crippen molar-refractivity contribution >= 4 is 27.3 Å². The van der Waals surface area contributed by atoms with Gasteiger partial charge < -0.3 is 10.2 Å². The molecule has 0 spiro atoms. The first-order valence-corrected chi connectivity index (χ1v) is 13.1. The minimum atomic E-state index is -3.56. The third-order valence-electron chi connectivity index (χ3n) is 6.37. The molecule has 1 amide bonds. The average Bonchev–Trinajstić information content (AvgIpc) is 2.85. The van der Waals surface area contributed by atoms with Crippen LogP contribution in [0, 0.1) is 0 Å². The van der Waals surface area contributed by atoms with Crippen molar-refractivity contribution in [2.45, 2.75) is 44.2 Å². The lowest BCUT2D eigenvalue weighted by Crippen LogP contribution is -2.44. The lowest BCUT2D eigenvalue weighted by molar-refractivity contribution is 0.0974. The van der Waals surface area contributed by atoms with Gasteiger partial charge in [-0.2, -0.15) is 4.31 Å². The summed E-state index contributed by atoms with van der Waals surface area (Å²) in [5, 5.41) is 3.60. The second-order valence-corrected chi connectivity index (χ2v) is 10.4. The van der Waals surface area contributed by atoms with Crippen molar-refractivity contribution in [2.24, 2.45) is 0 Å². The Kier molecular flexibility index (Phi) is 7.05. The molecular weight excluding hydrogens is 446 g/mol. The molecule has 1 N–H and O–H groups in total. The molecule has 3 aromatic carbocycles. The number of carbonyl (C=O) groups is 1. The molecule has 4 rings (SSSR count). The molecule has 0 aromatic heterocycles. The number of nitrogens with zero attached hydrogens (tertiary/aromatic N) is 2. The van der Waals surface area contributed by atoms with Gasteiger partial charge in [0.25, 0.3) is 5.91 Å². The highest BCUT2D eigenvalue weighted by Crippen LogP contribution is 2.39. The lowest BCUT2D eigenvalue weighted by atomic mass is 9.90. The van der Waals surface area contributed by atoms with Crippen molar-refractivity contribution in [3.05, 3.63) is 90.0 Å². The van der Waals surface area contributed by atoms with E-state index in [0.717, 1.165) is 23.4 Å². The molecule has 2 unspecified atom stereocenters. The van der Waals surface area contributed by atoms with Crippen LogP contribution in [-0.2, 0) is 10.0 Å². The summed E-state index contributed by atoms with van der Waals surface area (Å²) in [6, 6.07) is 24.4. The summed E-state index contributed by atoms with van der Waals surface area (Å²) >= 11 is 0. The summed E-state index contributed by atoms with van der Waals surface area (Å²) in [5.41, 5.74) is 3.45. The van der Waals surface area contributed by atoms with Gasteiger partial charge in [0.1, 0.15) is 0 Å². The molecule has 178 valence electrons. The van der Waals surface area contributed by atoms with Crippen LogP contribution < -0.4 is 10.2 Å². The van der Waals surface area contributed by atoms with Crippen molar-refractivity contribution in [2.75, 3.05) is 23.3 Å². The molecule has 0 radical (unpaired) electrons. The zero-order valence-corrected chi connectivity index (χ0v) is 20.6. The van der Waals surface area contributed by atoms with Gasteiger partial charge in [0.05, 0.1) is 10.9 Å². The monoisotopic (exact) mass is 477 g/mol. The van der Waals surface area contributed by atoms with Crippen LogP contribution in [0.5, 0.6) is 0 Å². The Morgan fingerprint density at radius 2 is 1.56 bits per heavy atom. The number of amides is 1. The fourth-order valence-corrected chi connectivity index (χ4v) is 6.07. The van der Waals surface area contributed by atoms with E-state index in [4.69, 9.17) is 0 Å². The van der Waals surface area contributed by atoms with E-state index in [1.807, 2.05) is 74.2 Å². The number of fused-ring (bicyclic) bond motifs is 1.